The lowest BCUT2D eigenvalue weighted by molar-refractivity contribution is -0.336. The van der Waals surface area contributed by atoms with E-state index in [9.17, 15) is 29.4 Å². The van der Waals surface area contributed by atoms with Crippen molar-refractivity contribution in [2.24, 2.45) is 29.1 Å². The fourth-order valence-corrected chi connectivity index (χ4v) is 10.0. The molecule has 7 aliphatic rings. The van der Waals surface area contributed by atoms with Gasteiger partial charge in [0.15, 0.2) is 5.60 Å². The first-order valence-corrected chi connectivity index (χ1v) is 15.1. The highest BCUT2D eigenvalue weighted by Crippen LogP contribution is 2.70. The van der Waals surface area contributed by atoms with Crippen LogP contribution in [0.15, 0.2) is 11.1 Å². The quantitative estimate of drug-likeness (QED) is 0.354. The molecule has 2 bridgehead atoms. The van der Waals surface area contributed by atoms with Gasteiger partial charge in [0.05, 0.1) is 29.6 Å². The third-order valence-corrected chi connectivity index (χ3v) is 11.7. The summed E-state index contributed by atoms with van der Waals surface area (Å²) in [6.45, 7) is 9.74. The molecule has 0 aromatic rings. The number of carbonyl (C=O) groups excluding carboxylic acids is 4. The molecule has 12 atom stereocenters. The van der Waals surface area contributed by atoms with Gasteiger partial charge in [0.1, 0.15) is 24.1 Å². The average Bonchev–Trinajstić information content (AvgIpc) is 3.35. The van der Waals surface area contributed by atoms with E-state index in [4.69, 9.17) is 23.7 Å². The minimum atomic E-state index is -2.10. The molecule has 5 aliphatic heterocycles. The molecule has 0 amide bonds. The number of fused-ring (bicyclic) bond motifs is 2. The number of ether oxygens (including phenoxy) is 5. The lowest BCUT2D eigenvalue weighted by Crippen LogP contribution is -2.66. The van der Waals surface area contributed by atoms with Gasteiger partial charge in [0.25, 0.3) is 0 Å². The fraction of sp³-hybridized carbons (Fsp3) is 0.774. The first kappa shape index (κ1) is 29.1. The van der Waals surface area contributed by atoms with Crippen molar-refractivity contribution in [1.82, 2.24) is 0 Å². The topological polar surface area (TPSA) is 172 Å². The van der Waals surface area contributed by atoms with Crippen LogP contribution in [0.4, 0.5) is 0 Å². The number of aliphatic hydroxyl groups is 1. The van der Waals surface area contributed by atoms with Crippen molar-refractivity contribution in [2.45, 2.75) is 121 Å². The summed E-state index contributed by atoms with van der Waals surface area (Å²) in [5.74, 6) is -8.28. The molecule has 43 heavy (non-hydrogen) atoms. The van der Waals surface area contributed by atoms with E-state index in [0.717, 1.165) is 5.57 Å². The van der Waals surface area contributed by atoms with Gasteiger partial charge in [0.2, 0.25) is 11.6 Å². The van der Waals surface area contributed by atoms with Gasteiger partial charge in [-0.2, -0.15) is 0 Å². The number of esters is 2. The molecular weight excluding hydrogens is 564 g/mol. The second-order valence-electron chi connectivity index (χ2n) is 14.6. The molecule has 2 spiro atoms. The van der Waals surface area contributed by atoms with Crippen molar-refractivity contribution < 1.29 is 57.9 Å². The normalized spacial score (nSPS) is 50.7. The van der Waals surface area contributed by atoms with E-state index in [1.165, 1.54) is 13.8 Å². The zero-order valence-electron chi connectivity index (χ0n) is 25.1. The molecule has 12 nitrogen and oxygen atoms in total. The maximum Gasteiger partial charge on any atom is 0.341 e. The van der Waals surface area contributed by atoms with Crippen molar-refractivity contribution in [3.63, 3.8) is 0 Å². The Bertz CT molecular complexity index is 1410. The van der Waals surface area contributed by atoms with Crippen molar-refractivity contribution in [3.8, 4) is 0 Å². The van der Waals surface area contributed by atoms with E-state index in [0.29, 0.717) is 12.0 Å². The molecule has 7 rings (SSSR count). The molecule has 12 heteroatoms. The lowest BCUT2D eigenvalue weighted by atomic mass is 9.60. The van der Waals surface area contributed by atoms with Crippen LogP contribution >= 0.6 is 0 Å². The summed E-state index contributed by atoms with van der Waals surface area (Å²) in [6, 6.07) is 0. The number of carboxylic acids is 1. The number of aliphatic carboxylic acids is 1. The number of carbonyl (C=O) groups is 5. The summed E-state index contributed by atoms with van der Waals surface area (Å²) >= 11 is 0. The van der Waals surface area contributed by atoms with E-state index >= 15 is 4.79 Å². The first-order valence-electron chi connectivity index (χ1n) is 15.1. The molecule has 2 aliphatic carbocycles. The zero-order chi connectivity index (χ0) is 31.2. The third kappa shape index (κ3) is 3.49. The van der Waals surface area contributed by atoms with Crippen LogP contribution in [0.2, 0.25) is 0 Å². The number of ketones is 2. The van der Waals surface area contributed by atoms with Crippen LogP contribution in [0, 0.1) is 29.1 Å². The first-order chi connectivity index (χ1) is 19.9. The highest BCUT2D eigenvalue weighted by atomic mass is 16.7. The Morgan fingerprint density at radius 2 is 1.74 bits per heavy atom. The van der Waals surface area contributed by atoms with Crippen LogP contribution in [-0.4, -0.2) is 86.7 Å². The molecule has 4 saturated heterocycles. The van der Waals surface area contributed by atoms with Crippen molar-refractivity contribution in [3.05, 3.63) is 11.1 Å². The van der Waals surface area contributed by atoms with Crippen LogP contribution in [0.1, 0.15) is 73.6 Å². The molecule has 5 heterocycles. The predicted octanol–water partition coefficient (Wildman–Crippen LogP) is 1.64. The average molecular weight is 603 g/mol. The third-order valence-electron chi connectivity index (χ3n) is 11.7. The highest BCUT2D eigenvalue weighted by Gasteiger charge is 2.83. The maximum absolute atomic E-state index is 15.1. The minimum absolute atomic E-state index is 0.0928. The molecular formula is C31H38O12. The van der Waals surface area contributed by atoms with Crippen LogP contribution in [0.3, 0.4) is 0 Å². The SMILES string of the molecule is CC(=O)O[C@H]1CC2=C(C[C@@]34CC[C@]5(C)C(=O)[C@@H](C)[C@@H]6[C@H]7OC(=O)[C@](C)(O)[C@H]7O[C@](O3)(C(=O)[C@H]14)[C@@H]65)[C@@H](CC(=O)O)OC2(C)C. The Morgan fingerprint density at radius 1 is 1.05 bits per heavy atom. The Labute approximate surface area is 248 Å². The summed E-state index contributed by atoms with van der Waals surface area (Å²) in [6.07, 6.45) is -3.54. The van der Waals surface area contributed by atoms with Crippen molar-refractivity contribution >= 4 is 29.5 Å². The van der Waals surface area contributed by atoms with Crippen molar-refractivity contribution in [2.75, 3.05) is 0 Å². The molecule has 0 unspecified atom stereocenters. The Balaban J connectivity index is 1.43. The van der Waals surface area contributed by atoms with Gasteiger partial charge in [0, 0.05) is 42.9 Å². The van der Waals surface area contributed by atoms with E-state index in [2.05, 4.69) is 0 Å². The van der Waals surface area contributed by atoms with Crippen molar-refractivity contribution in [1.29, 1.82) is 0 Å². The summed E-state index contributed by atoms with van der Waals surface area (Å²) < 4.78 is 31.3. The van der Waals surface area contributed by atoms with Gasteiger partial charge in [-0.3, -0.25) is 19.2 Å². The summed E-state index contributed by atoms with van der Waals surface area (Å²) in [4.78, 5) is 66.3. The zero-order valence-corrected chi connectivity index (χ0v) is 25.1. The van der Waals surface area contributed by atoms with E-state index < -0.39 is 99.8 Å². The van der Waals surface area contributed by atoms with Gasteiger partial charge >= 0.3 is 17.9 Å². The fourth-order valence-electron chi connectivity index (χ4n) is 10.0. The van der Waals surface area contributed by atoms with Gasteiger partial charge in [-0.1, -0.05) is 13.8 Å². The van der Waals surface area contributed by atoms with Crippen LogP contribution < -0.4 is 0 Å². The number of hydrogen-bond donors (Lipinski definition) is 2. The minimum Gasteiger partial charge on any atom is -0.481 e. The second-order valence-corrected chi connectivity index (χ2v) is 14.6. The van der Waals surface area contributed by atoms with Crippen LogP contribution in [0.5, 0.6) is 0 Å². The van der Waals surface area contributed by atoms with E-state index in [-0.39, 0.29) is 31.5 Å². The van der Waals surface area contributed by atoms with Crippen LogP contribution in [-0.2, 0) is 47.7 Å². The van der Waals surface area contributed by atoms with E-state index in [1.54, 1.807) is 13.8 Å². The largest absolute Gasteiger partial charge is 0.481 e. The number of carboxylic acid groups (broad SMARTS) is 1. The molecule has 0 radical (unpaired) electrons. The molecule has 234 valence electrons. The maximum atomic E-state index is 15.1. The van der Waals surface area contributed by atoms with Gasteiger partial charge in [-0.25, -0.2) is 4.79 Å². The number of Topliss-reactive ketones (excluding diaryl/α,β-unsaturated/α-hetero) is 2. The summed E-state index contributed by atoms with van der Waals surface area (Å²) in [7, 11) is 0. The molecule has 0 aromatic heterocycles. The number of hydrogen-bond acceptors (Lipinski definition) is 11. The van der Waals surface area contributed by atoms with Crippen LogP contribution in [0.25, 0.3) is 0 Å². The standard InChI is InChI=1S/C31H38O12/c1-12-19-21-25(29(6,38)26(37)40-21)42-31-22(19)28(5,23(12)35)7-8-30(43-31)11-14-15(27(3,4)41-16(14)10-18(33)34)9-17(39-13(2)32)20(30)24(31)36/h12,16-17,19-22,25,38H,7-11H2,1-6H3,(H,33,34)/t12-,16+,17-,19+,20-,21+,22-,25-,28-,29+,30+,31+/m0/s1. The Kier molecular flexibility index (Phi) is 5.76. The Hall–Kier alpha value is -2.67. The van der Waals surface area contributed by atoms with Gasteiger partial charge in [-0.15, -0.1) is 0 Å². The summed E-state index contributed by atoms with van der Waals surface area (Å²) in [5, 5.41) is 21.0. The molecule has 2 N–H and O–H groups in total. The molecule has 0 aromatic carbocycles. The second kappa shape index (κ2) is 8.52. The monoisotopic (exact) mass is 602 g/mol. The lowest BCUT2D eigenvalue weighted by Gasteiger charge is -2.50. The molecule has 1 saturated carbocycles. The predicted molar refractivity (Wildman–Crippen MR) is 142 cm³/mol. The van der Waals surface area contributed by atoms with Gasteiger partial charge < -0.3 is 33.9 Å². The highest BCUT2D eigenvalue weighted by molar-refractivity contribution is 5.98. The Morgan fingerprint density at radius 3 is 2.40 bits per heavy atom. The van der Waals surface area contributed by atoms with E-state index in [1.807, 2.05) is 13.8 Å². The number of rotatable bonds is 3. The smallest absolute Gasteiger partial charge is 0.341 e. The molecule has 5 fully saturated rings. The summed E-state index contributed by atoms with van der Waals surface area (Å²) in [5.41, 5.74) is -3.95. The van der Waals surface area contributed by atoms with Gasteiger partial charge in [-0.05, 0) is 44.8 Å².